The van der Waals surface area contributed by atoms with Crippen LogP contribution in [0.25, 0.3) is 22.2 Å². The number of ether oxygens (including phenoxy) is 3. The zero-order valence-electron chi connectivity index (χ0n) is 19.3. The first-order valence-electron chi connectivity index (χ1n) is 10.7. The Morgan fingerprint density at radius 2 is 1.45 bits per heavy atom. The van der Waals surface area contributed by atoms with Gasteiger partial charge in [0.05, 0.1) is 32.5 Å². The number of nitrogens with one attached hydrogen (secondary N) is 1. The van der Waals surface area contributed by atoms with Crippen molar-refractivity contribution in [1.82, 2.24) is 10.3 Å². The lowest BCUT2D eigenvalue weighted by Gasteiger charge is -2.14. The quantitative estimate of drug-likeness (QED) is 0.312. The van der Waals surface area contributed by atoms with Crippen molar-refractivity contribution in [2.24, 2.45) is 0 Å². The van der Waals surface area contributed by atoms with E-state index < -0.39 is 0 Å². The number of pyridine rings is 1. The second-order valence-electron chi connectivity index (χ2n) is 7.61. The largest absolute Gasteiger partial charge is 0.497 e. The molecule has 6 heteroatoms. The molecule has 0 unspecified atom stereocenters. The van der Waals surface area contributed by atoms with E-state index in [1.54, 1.807) is 33.1 Å². The maximum absolute atomic E-state index is 5.40. The smallest absolute Gasteiger partial charge is 0.122 e. The fourth-order valence-corrected chi connectivity index (χ4v) is 4.19. The molecule has 0 amide bonds. The second kappa shape index (κ2) is 10.6. The van der Waals surface area contributed by atoms with Crippen LogP contribution in [0.4, 0.5) is 0 Å². The summed E-state index contributed by atoms with van der Waals surface area (Å²) in [4.78, 5) is 6.26. The highest BCUT2D eigenvalue weighted by atomic mass is 32.2. The summed E-state index contributed by atoms with van der Waals surface area (Å²) in [7, 11) is 5.00. The molecule has 170 valence electrons. The first kappa shape index (κ1) is 23.0. The van der Waals surface area contributed by atoms with Crippen molar-refractivity contribution in [2.75, 3.05) is 27.6 Å². The summed E-state index contributed by atoms with van der Waals surface area (Å²) in [5.41, 5.74) is 5.26. The van der Waals surface area contributed by atoms with Crippen LogP contribution in [0.15, 0.2) is 71.6 Å². The number of hydrogen-bond acceptors (Lipinski definition) is 6. The van der Waals surface area contributed by atoms with Crippen molar-refractivity contribution in [3.63, 3.8) is 0 Å². The van der Waals surface area contributed by atoms with E-state index >= 15 is 0 Å². The number of nitrogens with zero attached hydrogens (tertiary/aromatic N) is 1. The van der Waals surface area contributed by atoms with Crippen LogP contribution < -0.4 is 19.5 Å². The third kappa shape index (κ3) is 5.41. The normalized spacial score (nSPS) is 10.9. The Balaban J connectivity index is 1.65. The summed E-state index contributed by atoms with van der Waals surface area (Å²) in [6.45, 7) is 1.35. The van der Waals surface area contributed by atoms with Crippen molar-refractivity contribution in [3.05, 3.63) is 77.9 Å². The van der Waals surface area contributed by atoms with E-state index in [0.717, 1.165) is 50.5 Å². The molecule has 0 saturated heterocycles. The number of fused-ring (bicyclic) bond motifs is 1. The van der Waals surface area contributed by atoms with Crippen molar-refractivity contribution in [2.45, 2.75) is 18.0 Å². The van der Waals surface area contributed by atoms with Crippen LogP contribution >= 0.6 is 11.8 Å². The Morgan fingerprint density at radius 3 is 2.09 bits per heavy atom. The minimum Gasteiger partial charge on any atom is -0.497 e. The molecule has 3 aromatic carbocycles. The predicted octanol–water partition coefficient (Wildman–Crippen LogP) is 5.94. The monoisotopic (exact) mass is 460 g/mol. The highest BCUT2D eigenvalue weighted by molar-refractivity contribution is 7.98. The molecule has 0 fully saturated rings. The summed E-state index contributed by atoms with van der Waals surface area (Å²) in [5.74, 6) is 2.39. The van der Waals surface area contributed by atoms with E-state index in [-0.39, 0.29) is 0 Å². The highest BCUT2D eigenvalue weighted by Crippen LogP contribution is 2.29. The van der Waals surface area contributed by atoms with Crippen LogP contribution in [0.5, 0.6) is 17.2 Å². The van der Waals surface area contributed by atoms with Crippen LogP contribution in [0.1, 0.15) is 11.1 Å². The number of methoxy groups -OCH3 is 3. The Kier molecular flexibility index (Phi) is 7.37. The van der Waals surface area contributed by atoms with Crippen molar-refractivity contribution < 1.29 is 14.2 Å². The van der Waals surface area contributed by atoms with Gasteiger partial charge in [-0.3, -0.25) is 0 Å². The standard InChI is InChI=1S/C27H28N2O3S/c1-30-22-8-5-19(6-9-22)27-21(13-20-7-10-25(33-4)15-26(20)29-27)17-28-16-18-11-23(31-2)14-24(12-18)32-3/h5-15,28H,16-17H2,1-4H3. The van der Waals surface area contributed by atoms with Gasteiger partial charge in [0, 0.05) is 35.0 Å². The van der Waals surface area contributed by atoms with Crippen LogP contribution in [0, 0.1) is 0 Å². The number of rotatable bonds is 9. The maximum Gasteiger partial charge on any atom is 0.122 e. The summed E-state index contributed by atoms with van der Waals surface area (Å²) < 4.78 is 16.1. The first-order chi connectivity index (χ1) is 16.1. The SMILES string of the molecule is COc1ccc(-c2nc3cc(SC)ccc3cc2CNCc2cc(OC)cc(OC)c2)cc1. The number of thioether (sulfide) groups is 1. The van der Waals surface area contributed by atoms with Gasteiger partial charge in [0.1, 0.15) is 17.2 Å². The topological polar surface area (TPSA) is 52.6 Å². The van der Waals surface area contributed by atoms with Gasteiger partial charge < -0.3 is 19.5 Å². The Hall–Kier alpha value is -3.22. The zero-order chi connectivity index (χ0) is 23.2. The zero-order valence-corrected chi connectivity index (χ0v) is 20.2. The molecule has 0 aliphatic carbocycles. The van der Waals surface area contributed by atoms with Crippen molar-refractivity contribution in [1.29, 1.82) is 0 Å². The van der Waals surface area contributed by atoms with Gasteiger partial charge >= 0.3 is 0 Å². The first-order valence-corrected chi connectivity index (χ1v) is 11.9. The Morgan fingerprint density at radius 1 is 0.758 bits per heavy atom. The lowest BCUT2D eigenvalue weighted by Crippen LogP contribution is -2.14. The molecule has 0 saturated carbocycles. The number of hydrogen-bond donors (Lipinski definition) is 1. The maximum atomic E-state index is 5.40. The number of benzene rings is 3. The predicted molar refractivity (Wildman–Crippen MR) is 136 cm³/mol. The molecule has 1 heterocycles. The lowest BCUT2D eigenvalue weighted by molar-refractivity contribution is 0.393. The van der Waals surface area contributed by atoms with Gasteiger partial charge in [-0.15, -0.1) is 11.8 Å². The molecule has 1 aromatic heterocycles. The molecule has 1 N–H and O–H groups in total. The van der Waals surface area contributed by atoms with Crippen LogP contribution in [0.2, 0.25) is 0 Å². The average Bonchev–Trinajstić information content (AvgIpc) is 2.87. The summed E-state index contributed by atoms with van der Waals surface area (Å²) in [6.07, 6.45) is 2.08. The van der Waals surface area contributed by atoms with Gasteiger partial charge in [0.15, 0.2) is 0 Å². The Labute approximate surface area is 199 Å². The van der Waals surface area contributed by atoms with E-state index in [9.17, 15) is 0 Å². The molecule has 5 nitrogen and oxygen atoms in total. The second-order valence-corrected chi connectivity index (χ2v) is 8.49. The molecule has 0 radical (unpaired) electrons. The fraction of sp³-hybridized carbons (Fsp3) is 0.222. The number of aromatic nitrogens is 1. The fourth-order valence-electron chi connectivity index (χ4n) is 3.76. The summed E-state index contributed by atoms with van der Waals surface area (Å²) in [6, 6.07) is 22.6. The third-order valence-electron chi connectivity index (χ3n) is 5.52. The highest BCUT2D eigenvalue weighted by Gasteiger charge is 2.11. The van der Waals surface area contributed by atoms with Crippen LogP contribution in [-0.2, 0) is 13.1 Å². The summed E-state index contributed by atoms with van der Waals surface area (Å²) >= 11 is 1.72. The van der Waals surface area contributed by atoms with Crippen molar-refractivity contribution in [3.8, 4) is 28.5 Å². The Bertz CT molecular complexity index is 1220. The molecule has 0 atom stereocenters. The van der Waals surface area contributed by atoms with E-state index in [4.69, 9.17) is 19.2 Å². The van der Waals surface area contributed by atoms with Crippen LogP contribution in [-0.4, -0.2) is 32.6 Å². The molecule has 4 rings (SSSR count). The van der Waals surface area contributed by atoms with Gasteiger partial charge in [0.25, 0.3) is 0 Å². The van der Waals surface area contributed by atoms with E-state index in [1.165, 1.54) is 4.90 Å². The molecule has 0 bridgehead atoms. The lowest BCUT2D eigenvalue weighted by atomic mass is 10.0. The minimum absolute atomic E-state index is 0.675. The van der Waals surface area contributed by atoms with E-state index in [0.29, 0.717) is 13.1 Å². The van der Waals surface area contributed by atoms with Gasteiger partial charge in [0.2, 0.25) is 0 Å². The van der Waals surface area contributed by atoms with Crippen LogP contribution in [0.3, 0.4) is 0 Å². The molecular formula is C27H28N2O3S. The summed E-state index contributed by atoms with van der Waals surface area (Å²) in [5, 5.41) is 4.69. The van der Waals surface area contributed by atoms with Gasteiger partial charge in [-0.25, -0.2) is 4.98 Å². The van der Waals surface area contributed by atoms with Gasteiger partial charge in [-0.1, -0.05) is 6.07 Å². The third-order valence-corrected chi connectivity index (χ3v) is 6.25. The minimum atomic E-state index is 0.675. The molecule has 0 aliphatic rings. The van der Waals surface area contributed by atoms with Gasteiger partial charge in [-0.2, -0.15) is 0 Å². The molecule has 0 aliphatic heterocycles. The van der Waals surface area contributed by atoms with Crippen molar-refractivity contribution >= 4 is 22.7 Å². The molecule has 33 heavy (non-hydrogen) atoms. The molecule has 4 aromatic rings. The van der Waals surface area contributed by atoms with E-state index in [1.807, 2.05) is 30.3 Å². The average molecular weight is 461 g/mol. The molecular weight excluding hydrogens is 432 g/mol. The van der Waals surface area contributed by atoms with E-state index in [2.05, 4.69) is 48.0 Å². The van der Waals surface area contributed by atoms with Gasteiger partial charge in [-0.05, 0) is 72.0 Å². The molecule has 0 spiro atoms.